The third-order valence-electron chi connectivity index (χ3n) is 4.27. The van der Waals surface area contributed by atoms with Gasteiger partial charge in [-0.25, -0.2) is 0 Å². The van der Waals surface area contributed by atoms with Gasteiger partial charge in [0.2, 0.25) is 5.91 Å². The SMILES string of the molecule is CC(=O)NC1CCCN(C(C)C2CCC2)C1. The first-order valence-corrected chi connectivity index (χ1v) is 6.68. The summed E-state index contributed by atoms with van der Waals surface area (Å²) in [5.41, 5.74) is 0. The Labute approximate surface area is 98.6 Å². The summed E-state index contributed by atoms with van der Waals surface area (Å²) in [6, 6.07) is 1.10. The molecule has 1 aliphatic heterocycles. The number of piperidine rings is 1. The summed E-state index contributed by atoms with van der Waals surface area (Å²) in [5, 5.41) is 3.06. The van der Waals surface area contributed by atoms with E-state index < -0.39 is 0 Å². The van der Waals surface area contributed by atoms with E-state index in [4.69, 9.17) is 0 Å². The number of carbonyl (C=O) groups is 1. The number of hydrogen-bond donors (Lipinski definition) is 1. The molecule has 0 aromatic heterocycles. The highest BCUT2D eigenvalue weighted by molar-refractivity contribution is 5.73. The molecule has 0 aromatic rings. The van der Waals surface area contributed by atoms with Crippen LogP contribution in [0.3, 0.4) is 0 Å². The van der Waals surface area contributed by atoms with Crippen molar-refractivity contribution in [1.29, 1.82) is 0 Å². The molecule has 2 atom stereocenters. The van der Waals surface area contributed by atoms with Gasteiger partial charge in [0.15, 0.2) is 0 Å². The summed E-state index contributed by atoms with van der Waals surface area (Å²) in [6.07, 6.45) is 6.60. The van der Waals surface area contributed by atoms with Crippen LogP contribution in [-0.4, -0.2) is 36.0 Å². The molecule has 2 fully saturated rings. The van der Waals surface area contributed by atoms with E-state index in [0.717, 1.165) is 18.9 Å². The van der Waals surface area contributed by atoms with Crippen molar-refractivity contribution in [2.24, 2.45) is 5.92 Å². The molecule has 3 nitrogen and oxygen atoms in total. The fourth-order valence-electron chi connectivity index (χ4n) is 3.00. The topological polar surface area (TPSA) is 32.3 Å². The number of amides is 1. The van der Waals surface area contributed by atoms with Gasteiger partial charge in [0.05, 0.1) is 0 Å². The highest BCUT2D eigenvalue weighted by Crippen LogP contribution is 2.33. The maximum absolute atomic E-state index is 11.1. The molecule has 2 unspecified atom stereocenters. The molecule has 1 heterocycles. The number of nitrogens with zero attached hydrogens (tertiary/aromatic N) is 1. The predicted octanol–water partition coefficient (Wildman–Crippen LogP) is 1.78. The molecule has 92 valence electrons. The lowest BCUT2D eigenvalue weighted by Crippen LogP contribution is -2.52. The van der Waals surface area contributed by atoms with Crippen molar-refractivity contribution in [2.75, 3.05) is 13.1 Å². The van der Waals surface area contributed by atoms with Crippen LogP contribution in [0.15, 0.2) is 0 Å². The van der Waals surface area contributed by atoms with E-state index in [1.165, 1.54) is 32.2 Å². The first-order valence-electron chi connectivity index (χ1n) is 6.68. The molecule has 2 aliphatic rings. The van der Waals surface area contributed by atoms with E-state index in [1.807, 2.05) is 0 Å². The molecule has 0 bridgehead atoms. The highest BCUT2D eigenvalue weighted by atomic mass is 16.1. The molecule has 0 radical (unpaired) electrons. The number of hydrogen-bond acceptors (Lipinski definition) is 2. The molecule has 1 aliphatic carbocycles. The predicted molar refractivity (Wildman–Crippen MR) is 65.2 cm³/mol. The normalized spacial score (nSPS) is 29.5. The van der Waals surface area contributed by atoms with Gasteiger partial charge in [0, 0.05) is 25.6 Å². The zero-order chi connectivity index (χ0) is 11.5. The lowest BCUT2D eigenvalue weighted by Gasteiger charge is -2.43. The van der Waals surface area contributed by atoms with Crippen LogP contribution in [0.1, 0.15) is 46.0 Å². The van der Waals surface area contributed by atoms with E-state index in [1.54, 1.807) is 6.92 Å². The van der Waals surface area contributed by atoms with Gasteiger partial charge in [-0.3, -0.25) is 9.69 Å². The van der Waals surface area contributed by atoms with Gasteiger partial charge in [0.25, 0.3) is 0 Å². The van der Waals surface area contributed by atoms with Crippen LogP contribution >= 0.6 is 0 Å². The Morgan fingerprint density at radius 3 is 2.62 bits per heavy atom. The van der Waals surface area contributed by atoms with Crippen molar-refractivity contribution < 1.29 is 4.79 Å². The Kier molecular flexibility index (Phi) is 3.85. The van der Waals surface area contributed by atoms with E-state index in [2.05, 4.69) is 17.1 Å². The van der Waals surface area contributed by atoms with E-state index in [9.17, 15) is 4.79 Å². The Bertz CT molecular complexity index is 250. The first-order chi connectivity index (χ1) is 7.66. The zero-order valence-corrected chi connectivity index (χ0v) is 10.5. The molecular weight excluding hydrogens is 200 g/mol. The summed E-state index contributed by atoms with van der Waals surface area (Å²) in [5.74, 6) is 1.03. The van der Waals surface area contributed by atoms with Crippen molar-refractivity contribution in [3.8, 4) is 0 Å². The van der Waals surface area contributed by atoms with Crippen LogP contribution in [-0.2, 0) is 4.79 Å². The molecule has 1 amide bonds. The van der Waals surface area contributed by atoms with Crippen LogP contribution in [0.5, 0.6) is 0 Å². The number of nitrogens with one attached hydrogen (secondary N) is 1. The van der Waals surface area contributed by atoms with Crippen LogP contribution in [0, 0.1) is 5.92 Å². The minimum atomic E-state index is 0.114. The van der Waals surface area contributed by atoms with Gasteiger partial charge in [-0.05, 0) is 45.1 Å². The molecule has 1 saturated carbocycles. The summed E-state index contributed by atoms with van der Waals surface area (Å²) < 4.78 is 0. The third kappa shape index (κ3) is 2.76. The maximum Gasteiger partial charge on any atom is 0.217 e. The van der Waals surface area contributed by atoms with Gasteiger partial charge >= 0.3 is 0 Å². The second-order valence-electron chi connectivity index (χ2n) is 5.47. The average Bonchev–Trinajstić information content (AvgIpc) is 2.14. The lowest BCUT2D eigenvalue weighted by atomic mass is 9.79. The van der Waals surface area contributed by atoms with Crippen LogP contribution in [0.4, 0.5) is 0 Å². The fraction of sp³-hybridized carbons (Fsp3) is 0.923. The van der Waals surface area contributed by atoms with Gasteiger partial charge in [-0.2, -0.15) is 0 Å². The monoisotopic (exact) mass is 224 g/mol. The summed E-state index contributed by atoms with van der Waals surface area (Å²) in [4.78, 5) is 13.6. The number of rotatable bonds is 3. The molecule has 1 saturated heterocycles. The fourth-order valence-corrected chi connectivity index (χ4v) is 3.00. The van der Waals surface area contributed by atoms with Crippen LogP contribution in [0.25, 0.3) is 0 Å². The summed E-state index contributed by atoms with van der Waals surface area (Å²) >= 11 is 0. The number of likely N-dealkylation sites (tertiary alicyclic amines) is 1. The van der Waals surface area contributed by atoms with Gasteiger partial charge in [-0.15, -0.1) is 0 Å². The summed E-state index contributed by atoms with van der Waals surface area (Å²) in [6.45, 7) is 6.25. The van der Waals surface area contributed by atoms with E-state index >= 15 is 0 Å². The highest BCUT2D eigenvalue weighted by Gasteiger charge is 2.31. The van der Waals surface area contributed by atoms with Crippen LogP contribution < -0.4 is 5.32 Å². The van der Waals surface area contributed by atoms with Gasteiger partial charge < -0.3 is 5.32 Å². The summed E-state index contributed by atoms with van der Waals surface area (Å²) in [7, 11) is 0. The second-order valence-corrected chi connectivity index (χ2v) is 5.47. The minimum absolute atomic E-state index is 0.114. The van der Waals surface area contributed by atoms with Crippen molar-refractivity contribution in [3.63, 3.8) is 0 Å². The Balaban J connectivity index is 1.83. The largest absolute Gasteiger partial charge is 0.352 e. The van der Waals surface area contributed by atoms with Crippen molar-refractivity contribution in [1.82, 2.24) is 10.2 Å². The lowest BCUT2D eigenvalue weighted by molar-refractivity contribution is -0.120. The van der Waals surface area contributed by atoms with Gasteiger partial charge in [0.1, 0.15) is 0 Å². The van der Waals surface area contributed by atoms with E-state index in [-0.39, 0.29) is 5.91 Å². The van der Waals surface area contributed by atoms with Crippen molar-refractivity contribution in [2.45, 2.75) is 58.0 Å². The molecule has 16 heavy (non-hydrogen) atoms. The Morgan fingerprint density at radius 1 is 1.31 bits per heavy atom. The minimum Gasteiger partial charge on any atom is -0.352 e. The van der Waals surface area contributed by atoms with E-state index in [0.29, 0.717) is 12.1 Å². The smallest absolute Gasteiger partial charge is 0.217 e. The van der Waals surface area contributed by atoms with Gasteiger partial charge in [-0.1, -0.05) is 6.42 Å². The van der Waals surface area contributed by atoms with Crippen molar-refractivity contribution >= 4 is 5.91 Å². The Hall–Kier alpha value is -0.570. The zero-order valence-electron chi connectivity index (χ0n) is 10.5. The molecule has 0 spiro atoms. The van der Waals surface area contributed by atoms with Crippen LogP contribution in [0.2, 0.25) is 0 Å². The molecular formula is C13H24N2O. The van der Waals surface area contributed by atoms with Crippen molar-refractivity contribution in [3.05, 3.63) is 0 Å². The standard InChI is InChI=1S/C13H24N2O/c1-10(12-5-3-6-12)15-8-4-7-13(9-15)14-11(2)16/h10,12-13H,3-9H2,1-2H3,(H,14,16). The molecule has 2 rings (SSSR count). The molecule has 1 N–H and O–H groups in total. The number of carbonyl (C=O) groups excluding carboxylic acids is 1. The maximum atomic E-state index is 11.1. The second kappa shape index (κ2) is 5.17. The molecule has 3 heteroatoms. The third-order valence-corrected chi connectivity index (χ3v) is 4.27. The quantitative estimate of drug-likeness (QED) is 0.792. The molecule has 0 aromatic carbocycles. The first kappa shape index (κ1) is 11.9. The Morgan fingerprint density at radius 2 is 2.06 bits per heavy atom. The average molecular weight is 224 g/mol.